The van der Waals surface area contributed by atoms with E-state index < -0.39 is 34.8 Å². The van der Waals surface area contributed by atoms with Gasteiger partial charge >= 0.3 is 0 Å². The molecule has 0 bridgehead atoms. The molecule has 1 spiro atoms. The van der Waals surface area contributed by atoms with E-state index in [4.69, 9.17) is 4.74 Å². The molecule has 3 unspecified atom stereocenters. The van der Waals surface area contributed by atoms with Crippen LogP contribution in [0.5, 0.6) is 5.75 Å². The first-order valence-electron chi connectivity index (χ1n) is 13.4. The minimum atomic E-state index is -3.87. The van der Waals surface area contributed by atoms with Gasteiger partial charge in [0.05, 0.1) is 23.1 Å². The molecule has 2 N–H and O–H groups in total. The molecule has 2 aliphatic carbocycles. The van der Waals surface area contributed by atoms with E-state index in [1.165, 1.54) is 0 Å². The van der Waals surface area contributed by atoms with Crippen molar-refractivity contribution in [3.8, 4) is 17.2 Å². The molecular formula is C30H40N2O4SSi. The number of rotatable bonds is 4. The largest absolute Gasteiger partial charge is 0.497 e. The van der Waals surface area contributed by atoms with Crippen molar-refractivity contribution in [3.63, 3.8) is 0 Å². The highest BCUT2D eigenvalue weighted by Crippen LogP contribution is 2.78. The number of ether oxygens (including phenoxy) is 1. The molecule has 2 aromatic carbocycles. The van der Waals surface area contributed by atoms with E-state index in [9.17, 15) is 13.5 Å². The molecule has 0 radical (unpaired) electrons. The molecule has 0 saturated heterocycles. The van der Waals surface area contributed by atoms with Gasteiger partial charge in [-0.15, -0.1) is 5.54 Å². The Bertz CT molecular complexity index is 1450. The number of aliphatic hydroxyl groups is 1. The molecule has 2 saturated carbocycles. The summed E-state index contributed by atoms with van der Waals surface area (Å²) in [5.74, 6) is 3.78. The molecule has 204 valence electrons. The maximum atomic E-state index is 14.0. The number of benzene rings is 2. The van der Waals surface area contributed by atoms with Crippen molar-refractivity contribution in [1.82, 2.24) is 4.72 Å². The van der Waals surface area contributed by atoms with Gasteiger partial charge in [-0.1, -0.05) is 43.3 Å². The number of hydrogen-bond acceptors (Lipinski definition) is 5. The van der Waals surface area contributed by atoms with E-state index >= 15 is 0 Å². The molecule has 4 atom stereocenters. The minimum Gasteiger partial charge on any atom is -0.497 e. The molecule has 2 fully saturated rings. The van der Waals surface area contributed by atoms with E-state index in [1.54, 1.807) is 19.2 Å². The zero-order chi connectivity index (χ0) is 27.9. The lowest BCUT2D eigenvalue weighted by Crippen LogP contribution is -2.55. The molecule has 3 aliphatic rings. The maximum absolute atomic E-state index is 14.0. The van der Waals surface area contributed by atoms with E-state index in [2.05, 4.69) is 61.5 Å². The monoisotopic (exact) mass is 552 g/mol. The Balaban J connectivity index is 1.70. The fourth-order valence-corrected chi connectivity index (χ4v) is 9.02. The van der Waals surface area contributed by atoms with Gasteiger partial charge in [0.1, 0.15) is 19.4 Å². The number of nitrogens with zero attached hydrogens (tertiary/aromatic N) is 1. The predicted octanol–water partition coefficient (Wildman–Crippen LogP) is 4.96. The van der Waals surface area contributed by atoms with Crippen molar-refractivity contribution >= 4 is 23.8 Å². The van der Waals surface area contributed by atoms with Gasteiger partial charge in [0.15, 0.2) is 0 Å². The molecule has 6 nitrogen and oxygen atoms in total. The Morgan fingerprint density at radius 3 is 2.34 bits per heavy atom. The standard InChI is InChI=1S/C30H40N2O4SSi/c1-21-9-12-23(13-10-21)37(34,35)31-30-24-19-22(36-5)11-14-25(24)32(27(2,3)4)29(30)16-15-28(33,20-26(29)30)17-18-38(6,7)8/h9-14,19,26,31,33H,15-16,20H2,1-8H3/t26?,28?,29?,30-/m0/s1. The van der Waals surface area contributed by atoms with Crippen LogP contribution in [-0.2, 0) is 15.6 Å². The molecule has 2 aromatic rings. The van der Waals surface area contributed by atoms with Crippen molar-refractivity contribution in [1.29, 1.82) is 0 Å². The fraction of sp³-hybridized carbons (Fsp3) is 0.533. The third-order valence-electron chi connectivity index (χ3n) is 8.40. The van der Waals surface area contributed by atoms with Crippen molar-refractivity contribution in [3.05, 3.63) is 53.6 Å². The van der Waals surface area contributed by atoms with Gasteiger partial charge in [-0.2, -0.15) is 4.72 Å². The second kappa shape index (κ2) is 8.34. The third-order valence-corrected chi connectivity index (χ3v) is 10.8. The topological polar surface area (TPSA) is 78.9 Å². The van der Waals surface area contributed by atoms with Crippen LogP contribution in [0.3, 0.4) is 0 Å². The fourth-order valence-electron chi connectivity index (χ4n) is 6.94. The van der Waals surface area contributed by atoms with Crippen molar-refractivity contribution in [2.75, 3.05) is 12.0 Å². The van der Waals surface area contributed by atoms with Crippen LogP contribution >= 0.6 is 0 Å². The predicted molar refractivity (Wildman–Crippen MR) is 155 cm³/mol. The smallest absolute Gasteiger partial charge is 0.241 e. The highest BCUT2D eigenvalue weighted by Gasteiger charge is 2.87. The van der Waals surface area contributed by atoms with E-state index in [-0.39, 0.29) is 16.4 Å². The van der Waals surface area contributed by atoms with Gasteiger partial charge in [-0.25, -0.2) is 8.42 Å². The SMILES string of the molecule is COc1ccc2c(c1)[C@]1(NS(=O)(=O)c3ccc(C)cc3)C3CC(O)(C#C[Si](C)(C)C)CCC31N2C(C)(C)C. The summed E-state index contributed by atoms with van der Waals surface area (Å²) in [6, 6.07) is 12.9. The van der Waals surface area contributed by atoms with Crippen LogP contribution in [0.1, 0.15) is 51.2 Å². The third kappa shape index (κ3) is 4.01. The molecule has 5 rings (SSSR count). The van der Waals surface area contributed by atoms with Gasteiger partial charge < -0.3 is 14.7 Å². The second-order valence-corrected chi connectivity index (χ2v) is 19.8. The highest BCUT2D eigenvalue weighted by molar-refractivity contribution is 7.89. The van der Waals surface area contributed by atoms with Gasteiger partial charge in [0.2, 0.25) is 10.0 Å². The Morgan fingerprint density at radius 1 is 1.11 bits per heavy atom. The van der Waals surface area contributed by atoms with E-state index in [0.29, 0.717) is 25.0 Å². The maximum Gasteiger partial charge on any atom is 0.241 e. The summed E-state index contributed by atoms with van der Waals surface area (Å²) < 4.78 is 36.8. The summed E-state index contributed by atoms with van der Waals surface area (Å²) in [4.78, 5) is 2.64. The summed E-state index contributed by atoms with van der Waals surface area (Å²) in [6.07, 6.45) is 1.52. The van der Waals surface area contributed by atoms with Crippen molar-refractivity contribution < 1.29 is 18.3 Å². The summed E-state index contributed by atoms with van der Waals surface area (Å²) in [7, 11) is -3.95. The minimum absolute atomic E-state index is 0.149. The summed E-state index contributed by atoms with van der Waals surface area (Å²) in [5, 5.41) is 11.7. The zero-order valence-electron chi connectivity index (χ0n) is 23.8. The Hall–Kier alpha value is -2.31. The van der Waals surface area contributed by atoms with Gasteiger partial charge in [0, 0.05) is 22.7 Å². The molecule has 8 heteroatoms. The van der Waals surface area contributed by atoms with Crippen molar-refractivity contribution in [2.24, 2.45) is 5.92 Å². The first kappa shape index (κ1) is 27.3. The Kier molecular flexibility index (Phi) is 5.99. The van der Waals surface area contributed by atoms with Crippen LogP contribution < -0.4 is 14.4 Å². The molecule has 1 heterocycles. The average Bonchev–Trinajstić information content (AvgIpc) is 3.25. The highest BCUT2D eigenvalue weighted by atomic mass is 32.2. The number of anilines is 1. The van der Waals surface area contributed by atoms with E-state index in [1.807, 2.05) is 37.3 Å². The van der Waals surface area contributed by atoms with Crippen LogP contribution in [0.4, 0.5) is 5.69 Å². The number of nitrogens with one attached hydrogen (secondary N) is 1. The van der Waals surface area contributed by atoms with Crippen LogP contribution in [0, 0.1) is 24.3 Å². The van der Waals surface area contributed by atoms with Crippen LogP contribution in [-0.4, -0.2) is 45.4 Å². The quantitative estimate of drug-likeness (QED) is 0.414. The molecule has 1 aliphatic heterocycles. The Labute approximate surface area is 228 Å². The van der Waals surface area contributed by atoms with E-state index in [0.717, 1.165) is 16.8 Å². The lowest BCUT2D eigenvalue weighted by atomic mass is 9.81. The first-order chi connectivity index (χ1) is 17.5. The average molecular weight is 553 g/mol. The summed E-state index contributed by atoms with van der Waals surface area (Å²) in [5.41, 5.74) is 3.45. The van der Waals surface area contributed by atoms with Gasteiger partial charge in [-0.3, -0.25) is 0 Å². The van der Waals surface area contributed by atoms with Crippen LogP contribution in [0.2, 0.25) is 19.6 Å². The summed E-state index contributed by atoms with van der Waals surface area (Å²) in [6.45, 7) is 14.9. The van der Waals surface area contributed by atoms with Crippen molar-refractivity contribution in [2.45, 2.75) is 93.7 Å². The van der Waals surface area contributed by atoms with Crippen LogP contribution in [0.15, 0.2) is 47.4 Å². The van der Waals surface area contributed by atoms with Gasteiger partial charge in [0.25, 0.3) is 0 Å². The molecular weight excluding hydrogens is 512 g/mol. The Morgan fingerprint density at radius 2 is 1.76 bits per heavy atom. The number of hydrogen-bond donors (Lipinski definition) is 2. The second-order valence-electron chi connectivity index (χ2n) is 13.3. The lowest BCUT2D eigenvalue weighted by Gasteiger charge is -2.46. The molecule has 0 aromatic heterocycles. The van der Waals surface area contributed by atoms with Crippen LogP contribution in [0.25, 0.3) is 0 Å². The summed E-state index contributed by atoms with van der Waals surface area (Å²) >= 11 is 0. The number of fused-ring (bicyclic) bond motifs is 3. The number of methoxy groups -OCH3 is 1. The normalized spacial score (nSPS) is 30.0. The van der Waals surface area contributed by atoms with Gasteiger partial charge in [-0.05, 0) is 77.3 Å². The zero-order valence-corrected chi connectivity index (χ0v) is 25.6. The number of sulfonamides is 1. The lowest BCUT2D eigenvalue weighted by molar-refractivity contribution is 0.0495. The molecule has 38 heavy (non-hydrogen) atoms. The first-order valence-corrected chi connectivity index (χ1v) is 18.3. The number of aryl methyl sites for hydroxylation is 1. The molecule has 0 amide bonds.